The van der Waals surface area contributed by atoms with E-state index in [2.05, 4.69) is 6.07 Å². The van der Waals surface area contributed by atoms with Gasteiger partial charge in [-0.15, -0.1) is 0 Å². The minimum atomic E-state index is -0.560. The number of benzene rings is 2. The highest BCUT2D eigenvalue weighted by atomic mass is 16.5. The third kappa shape index (κ3) is 1.80. The van der Waals surface area contributed by atoms with Gasteiger partial charge in [0.25, 0.3) is 5.91 Å². The van der Waals surface area contributed by atoms with E-state index in [-0.39, 0.29) is 11.4 Å². The molecule has 0 N–H and O–H groups in total. The van der Waals surface area contributed by atoms with Crippen LogP contribution in [0.2, 0.25) is 0 Å². The summed E-state index contributed by atoms with van der Waals surface area (Å²) in [4.78, 5) is 14.9. The topological polar surface area (TPSA) is 53.3 Å². The number of amides is 1. The van der Waals surface area contributed by atoms with Gasteiger partial charge in [0.2, 0.25) is 0 Å². The summed E-state index contributed by atoms with van der Waals surface area (Å²) in [6.07, 6.45) is 1.77. The van der Waals surface area contributed by atoms with Crippen molar-refractivity contribution in [3.8, 4) is 11.8 Å². The van der Waals surface area contributed by atoms with Crippen molar-refractivity contribution in [1.82, 2.24) is 4.90 Å². The second-order valence-electron chi connectivity index (χ2n) is 6.03. The van der Waals surface area contributed by atoms with Crippen LogP contribution in [0.1, 0.15) is 40.4 Å². The number of fused-ring (bicyclic) bond motifs is 1. The Hall–Kier alpha value is -2.80. The van der Waals surface area contributed by atoms with E-state index in [4.69, 9.17) is 4.74 Å². The van der Waals surface area contributed by atoms with Gasteiger partial charge in [-0.25, -0.2) is 0 Å². The lowest BCUT2D eigenvalue weighted by Gasteiger charge is -2.31. The van der Waals surface area contributed by atoms with Crippen molar-refractivity contribution in [2.75, 3.05) is 7.11 Å². The molecule has 4 heteroatoms. The molecule has 2 aromatic carbocycles. The van der Waals surface area contributed by atoms with Crippen LogP contribution in [0.25, 0.3) is 0 Å². The number of ether oxygens (including phenoxy) is 1. The molecule has 0 bridgehead atoms. The van der Waals surface area contributed by atoms with Crippen LogP contribution in [0.5, 0.6) is 5.75 Å². The maximum Gasteiger partial charge on any atom is 0.260 e. The first-order valence-corrected chi connectivity index (χ1v) is 7.68. The van der Waals surface area contributed by atoms with Gasteiger partial charge in [-0.3, -0.25) is 4.79 Å². The zero-order valence-electron chi connectivity index (χ0n) is 12.8. The fourth-order valence-corrected chi connectivity index (χ4v) is 3.66. The van der Waals surface area contributed by atoms with Crippen molar-refractivity contribution < 1.29 is 9.53 Å². The number of methoxy groups -OCH3 is 1. The molecule has 1 aliphatic carbocycles. The second kappa shape index (κ2) is 4.85. The van der Waals surface area contributed by atoms with E-state index in [0.29, 0.717) is 11.3 Å². The Labute approximate surface area is 134 Å². The largest absolute Gasteiger partial charge is 0.496 e. The maximum absolute atomic E-state index is 13.1. The van der Waals surface area contributed by atoms with E-state index < -0.39 is 6.04 Å². The molecule has 1 amide bonds. The van der Waals surface area contributed by atoms with E-state index in [1.54, 1.807) is 18.1 Å². The maximum atomic E-state index is 13.1. The second-order valence-corrected chi connectivity index (χ2v) is 6.03. The third-order valence-corrected chi connectivity index (χ3v) is 4.88. The molecule has 1 heterocycles. The molecule has 2 aliphatic rings. The summed E-state index contributed by atoms with van der Waals surface area (Å²) in [6, 6.07) is 17.2. The van der Waals surface area contributed by atoms with Crippen LogP contribution in [0.4, 0.5) is 0 Å². The predicted molar refractivity (Wildman–Crippen MR) is 84.9 cm³/mol. The number of nitrogens with zero attached hydrogens (tertiary/aromatic N) is 2. The minimum absolute atomic E-state index is 0.106. The molecule has 0 spiro atoms. The van der Waals surface area contributed by atoms with E-state index in [1.165, 1.54) is 0 Å². The first-order valence-electron chi connectivity index (χ1n) is 7.68. The molecular weight excluding hydrogens is 288 g/mol. The molecule has 2 aromatic rings. The summed E-state index contributed by atoms with van der Waals surface area (Å²) in [5.74, 6) is 0.435. The van der Waals surface area contributed by atoms with Gasteiger partial charge in [0.1, 0.15) is 11.8 Å². The molecule has 23 heavy (non-hydrogen) atoms. The Kier molecular flexibility index (Phi) is 2.92. The van der Waals surface area contributed by atoms with Gasteiger partial charge in [0.15, 0.2) is 0 Å². The molecule has 4 rings (SSSR count). The zero-order valence-corrected chi connectivity index (χ0v) is 12.8. The van der Waals surface area contributed by atoms with Gasteiger partial charge < -0.3 is 9.64 Å². The number of carbonyl (C=O) groups excluding carboxylic acids is 1. The van der Waals surface area contributed by atoms with Crippen LogP contribution >= 0.6 is 0 Å². The highest BCUT2D eigenvalue weighted by molar-refractivity contribution is 6.03. The Balaban J connectivity index is 1.86. The number of carbonyl (C=O) groups is 1. The van der Waals surface area contributed by atoms with Crippen LogP contribution in [-0.2, 0) is 5.54 Å². The summed E-state index contributed by atoms with van der Waals surface area (Å²) in [5, 5.41) is 9.72. The smallest absolute Gasteiger partial charge is 0.260 e. The van der Waals surface area contributed by atoms with E-state index in [1.807, 2.05) is 42.5 Å². The van der Waals surface area contributed by atoms with Gasteiger partial charge in [-0.1, -0.05) is 42.5 Å². The van der Waals surface area contributed by atoms with Gasteiger partial charge in [-0.2, -0.15) is 5.26 Å². The molecule has 0 saturated heterocycles. The van der Waals surface area contributed by atoms with Crippen molar-refractivity contribution in [2.45, 2.75) is 24.4 Å². The van der Waals surface area contributed by atoms with E-state index >= 15 is 0 Å². The summed E-state index contributed by atoms with van der Waals surface area (Å²) in [6.45, 7) is 0. The molecule has 1 atom stereocenters. The number of hydrogen-bond donors (Lipinski definition) is 0. The van der Waals surface area contributed by atoms with Crippen molar-refractivity contribution in [3.05, 3.63) is 65.2 Å². The average molecular weight is 304 g/mol. The van der Waals surface area contributed by atoms with Crippen LogP contribution < -0.4 is 4.74 Å². The Morgan fingerprint density at radius 2 is 1.91 bits per heavy atom. The normalized spacial score (nSPS) is 20.8. The molecule has 4 nitrogen and oxygen atoms in total. The van der Waals surface area contributed by atoms with Gasteiger partial charge in [-0.05, 0) is 24.5 Å². The highest BCUT2D eigenvalue weighted by Crippen LogP contribution is 2.57. The molecule has 114 valence electrons. The highest BCUT2D eigenvalue weighted by Gasteiger charge is 2.57. The first-order chi connectivity index (χ1) is 11.2. The quantitative estimate of drug-likeness (QED) is 0.873. The molecule has 1 aliphatic heterocycles. The van der Waals surface area contributed by atoms with Crippen LogP contribution in [-0.4, -0.2) is 17.9 Å². The molecule has 1 fully saturated rings. The fourth-order valence-electron chi connectivity index (χ4n) is 3.66. The minimum Gasteiger partial charge on any atom is -0.496 e. The number of rotatable bonds is 3. The SMILES string of the molecule is COc1cccc2c1C(=O)N(C1(c3ccccc3)CC1)C2C#N. The van der Waals surface area contributed by atoms with Gasteiger partial charge >= 0.3 is 0 Å². The van der Waals surface area contributed by atoms with E-state index in [9.17, 15) is 10.1 Å². The monoisotopic (exact) mass is 304 g/mol. The molecular formula is C19H16N2O2. The summed E-state index contributed by atoms with van der Waals surface area (Å²) >= 11 is 0. The van der Waals surface area contributed by atoms with Crippen LogP contribution in [0.3, 0.4) is 0 Å². The lowest BCUT2D eigenvalue weighted by Crippen LogP contribution is -2.38. The Morgan fingerprint density at radius 3 is 2.52 bits per heavy atom. The van der Waals surface area contributed by atoms with Gasteiger partial charge in [0.05, 0.1) is 24.3 Å². The lowest BCUT2D eigenvalue weighted by atomic mass is 10.0. The number of hydrogen-bond acceptors (Lipinski definition) is 3. The Morgan fingerprint density at radius 1 is 1.17 bits per heavy atom. The van der Waals surface area contributed by atoms with Crippen LogP contribution in [0.15, 0.2) is 48.5 Å². The Bertz CT molecular complexity index is 819. The molecule has 1 saturated carbocycles. The van der Waals surface area contributed by atoms with Crippen LogP contribution in [0, 0.1) is 11.3 Å². The van der Waals surface area contributed by atoms with E-state index in [0.717, 1.165) is 24.0 Å². The fraction of sp³-hybridized carbons (Fsp3) is 0.263. The predicted octanol–water partition coefficient (Wildman–Crippen LogP) is 3.40. The summed E-state index contributed by atoms with van der Waals surface area (Å²) in [7, 11) is 1.55. The summed E-state index contributed by atoms with van der Waals surface area (Å²) in [5.41, 5.74) is 2.02. The van der Waals surface area contributed by atoms with Crippen molar-refractivity contribution in [1.29, 1.82) is 5.26 Å². The van der Waals surface area contributed by atoms with Crippen molar-refractivity contribution in [3.63, 3.8) is 0 Å². The standard InChI is InChI=1S/C19H16N2O2/c1-23-16-9-5-8-14-15(12-20)21(18(22)17(14)16)19(10-11-19)13-6-3-2-4-7-13/h2-9,15H,10-11H2,1H3. The average Bonchev–Trinajstić information content (AvgIpc) is 3.35. The first kappa shape index (κ1) is 13.8. The van der Waals surface area contributed by atoms with Crippen molar-refractivity contribution >= 4 is 5.91 Å². The van der Waals surface area contributed by atoms with Gasteiger partial charge in [0, 0.05) is 5.56 Å². The lowest BCUT2D eigenvalue weighted by molar-refractivity contribution is 0.0633. The molecule has 1 unspecified atom stereocenters. The summed E-state index contributed by atoms with van der Waals surface area (Å²) < 4.78 is 5.35. The molecule has 0 aromatic heterocycles. The third-order valence-electron chi connectivity index (χ3n) is 4.88. The van der Waals surface area contributed by atoms with Crippen molar-refractivity contribution in [2.24, 2.45) is 0 Å². The number of nitriles is 1. The molecule has 0 radical (unpaired) electrons. The zero-order chi connectivity index (χ0) is 16.0.